The Bertz CT molecular complexity index is 510. The summed E-state index contributed by atoms with van der Waals surface area (Å²) in [6, 6.07) is -0.894. The van der Waals surface area contributed by atoms with Crippen LogP contribution in [0.5, 0.6) is 0 Å². The van der Waals surface area contributed by atoms with E-state index >= 15 is 0 Å². The van der Waals surface area contributed by atoms with E-state index in [0.29, 0.717) is 19.4 Å². The fourth-order valence-corrected chi connectivity index (χ4v) is 2.72. The third kappa shape index (κ3) is 4.70. The van der Waals surface area contributed by atoms with Crippen molar-refractivity contribution in [3.63, 3.8) is 0 Å². The van der Waals surface area contributed by atoms with Crippen molar-refractivity contribution in [1.29, 1.82) is 0 Å². The van der Waals surface area contributed by atoms with Crippen molar-refractivity contribution in [2.45, 2.75) is 32.2 Å². The number of hydrogen-bond acceptors (Lipinski definition) is 4. The quantitative estimate of drug-likeness (QED) is 0.391. The van der Waals surface area contributed by atoms with Crippen LogP contribution in [0.3, 0.4) is 0 Å². The van der Waals surface area contributed by atoms with Gasteiger partial charge in [-0.05, 0) is 25.7 Å². The number of hydrogen-bond donors (Lipinski definition) is 4. The molecule has 4 N–H and O–H groups in total. The second kappa shape index (κ2) is 7.74. The summed E-state index contributed by atoms with van der Waals surface area (Å²) in [5, 5.41) is 29.7. The molecule has 0 aliphatic carbocycles. The van der Waals surface area contributed by atoms with Gasteiger partial charge < -0.3 is 20.6 Å². The summed E-state index contributed by atoms with van der Waals surface area (Å²) in [7, 11) is 0. The van der Waals surface area contributed by atoms with Crippen LogP contribution in [-0.2, 0) is 14.4 Å². The van der Waals surface area contributed by atoms with Crippen LogP contribution >= 0.6 is 0 Å². The maximum absolute atomic E-state index is 11.2. The van der Waals surface area contributed by atoms with E-state index in [0.717, 1.165) is 5.57 Å². The van der Waals surface area contributed by atoms with Crippen LogP contribution in [0.1, 0.15) is 26.2 Å². The Morgan fingerprint density at radius 1 is 1.27 bits per heavy atom. The average molecular weight is 311 g/mol. The average Bonchev–Trinajstić information content (AvgIpc) is 2.81. The van der Waals surface area contributed by atoms with Gasteiger partial charge in [-0.3, -0.25) is 9.59 Å². The third-order valence-corrected chi connectivity index (χ3v) is 3.96. The minimum absolute atomic E-state index is 0.238. The lowest BCUT2D eigenvalue weighted by Gasteiger charge is -2.21. The highest BCUT2D eigenvalue weighted by molar-refractivity contribution is 5.85. The van der Waals surface area contributed by atoms with E-state index in [4.69, 9.17) is 15.3 Å². The molecule has 1 heterocycles. The summed E-state index contributed by atoms with van der Waals surface area (Å²) < 4.78 is 0. The predicted molar refractivity (Wildman–Crippen MR) is 78.4 cm³/mol. The monoisotopic (exact) mass is 311 g/mol. The first-order chi connectivity index (χ1) is 10.2. The fraction of sp³-hybridized carbons (Fsp3) is 0.533. The van der Waals surface area contributed by atoms with Crippen molar-refractivity contribution >= 4 is 17.9 Å². The molecule has 1 saturated heterocycles. The van der Waals surface area contributed by atoms with E-state index in [-0.39, 0.29) is 17.9 Å². The van der Waals surface area contributed by atoms with Crippen LogP contribution in [0.4, 0.5) is 0 Å². The molecule has 1 aliphatic heterocycles. The van der Waals surface area contributed by atoms with E-state index in [2.05, 4.69) is 11.9 Å². The van der Waals surface area contributed by atoms with Crippen molar-refractivity contribution in [1.82, 2.24) is 5.32 Å². The maximum Gasteiger partial charge on any atom is 0.330 e. The molecule has 1 aliphatic rings. The summed E-state index contributed by atoms with van der Waals surface area (Å²) >= 11 is 0. The molecule has 0 spiro atoms. The number of aliphatic carboxylic acids is 3. The molecule has 0 bridgehead atoms. The lowest BCUT2D eigenvalue weighted by atomic mass is 9.82. The van der Waals surface area contributed by atoms with Crippen molar-refractivity contribution in [2.24, 2.45) is 11.8 Å². The molecule has 0 aromatic rings. The summed E-state index contributed by atoms with van der Waals surface area (Å²) in [6.45, 7) is 5.79. The molecule has 122 valence electrons. The number of carbonyl (C=O) groups is 3. The van der Waals surface area contributed by atoms with Crippen LogP contribution in [0, 0.1) is 11.8 Å². The number of allylic oxidation sites excluding steroid dienone is 1. The van der Waals surface area contributed by atoms with Gasteiger partial charge in [0.05, 0.1) is 6.42 Å². The minimum atomic E-state index is -1.07. The summed E-state index contributed by atoms with van der Waals surface area (Å²) in [6.07, 6.45) is 2.32. The molecule has 0 amide bonds. The normalized spacial score (nSPS) is 25.0. The lowest BCUT2D eigenvalue weighted by molar-refractivity contribution is -0.142. The molecule has 0 unspecified atom stereocenters. The van der Waals surface area contributed by atoms with Crippen LogP contribution in [-0.4, -0.2) is 45.8 Å². The van der Waals surface area contributed by atoms with Gasteiger partial charge in [-0.2, -0.15) is 0 Å². The molecule has 0 aromatic carbocycles. The molecular weight excluding hydrogens is 290 g/mol. The van der Waals surface area contributed by atoms with Gasteiger partial charge in [0.15, 0.2) is 0 Å². The number of carboxylic acids is 3. The Morgan fingerprint density at radius 3 is 2.41 bits per heavy atom. The van der Waals surface area contributed by atoms with E-state index in [9.17, 15) is 14.4 Å². The summed E-state index contributed by atoms with van der Waals surface area (Å²) in [4.78, 5) is 32.8. The topological polar surface area (TPSA) is 124 Å². The standard InChI is InChI=1S/C15H21NO6/c1-8(4-3-5-9(2)14(19)20)11-7-16-13(15(21)22)10(11)6-12(17)18/h5,10-11,13,16H,1,3-4,6-7H2,2H3,(H,17,18)(H,19,20)(H,21,22)/b9-5+/t10-,11-,13-/m0/s1. The van der Waals surface area contributed by atoms with Gasteiger partial charge in [0, 0.05) is 18.0 Å². The molecule has 0 saturated carbocycles. The molecule has 0 aromatic heterocycles. The van der Waals surface area contributed by atoms with Crippen molar-refractivity contribution in [3.8, 4) is 0 Å². The van der Waals surface area contributed by atoms with Gasteiger partial charge >= 0.3 is 17.9 Å². The first-order valence-corrected chi connectivity index (χ1v) is 6.99. The van der Waals surface area contributed by atoms with E-state index in [1.807, 2.05) is 0 Å². The first kappa shape index (κ1) is 17.9. The van der Waals surface area contributed by atoms with E-state index < -0.39 is 29.9 Å². The Kier molecular flexibility index (Phi) is 6.30. The fourth-order valence-electron chi connectivity index (χ4n) is 2.72. The van der Waals surface area contributed by atoms with Gasteiger partial charge in [-0.15, -0.1) is 0 Å². The number of carboxylic acid groups (broad SMARTS) is 3. The van der Waals surface area contributed by atoms with Crippen LogP contribution in [0.15, 0.2) is 23.8 Å². The van der Waals surface area contributed by atoms with Crippen molar-refractivity contribution in [2.75, 3.05) is 6.54 Å². The van der Waals surface area contributed by atoms with Gasteiger partial charge in [0.2, 0.25) is 0 Å². The minimum Gasteiger partial charge on any atom is -0.481 e. The number of rotatable bonds is 8. The first-order valence-electron chi connectivity index (χ1n) is 6.99. The maximum atomic E-state index is 11.2. The summed E-state index contributed by atoms with van der Waals surface area (Å²) in [5.74, 6) is -3.88. The zero-order chi connectivity index (χ0) is 16.9. The van der Waals surface area contributed by atoms with Crippen molar-refractivity contribution < 1.29 is 29.7 Å². The van der Waals surface area contributed by atoms with Crippen LogP contribution in [0.2, 0.25) is 0 Å². The largest absolute Gasteiger partial charge is 0.481 e. The molecule has 1 rings (SSSR count). The second-order valence-electron chi connectivity index (χ2n) is 5.48. The Balaban J connectivity index is 2.70. The SMILES string of the molecule is C=C(CC/C=C(\C)C(=O)O)[C@@H]1CN[C@H](C(=O)O)[C@H]1CC(=O)O. The molecule has 7 nitrogen and oxygen atoms in total. The van der Waals surface area contributed by atoms with Gasteiger partial charge in [-0.25, -0.2) is 4.79 Å². The van der Waals surface area contributed by atoms with Gasteiger partial charge in [0.1, 0.15) is 6.04 Å². The third-order valence-electron chi connectivity index (χ3n) is 3.96. The smallest absolute Gasteiger partial charge is 0.330 e. The second-order valence-corrected chi connectivity index (χ2v) is 5.48. The molecule has 0 radical (unpaired) electrons. The number of nitrogens with one attached hydrogen (secondary N) is 1. The zero-order valence-electron chi connectivity index (χ0n) is 12.4. The Labute approximate surface area is 128 Å². The van der Waals surface area contributed by atoms with Gasteiger partial charge in [-0.1, -0.05) is 18.2 Å². The molecule has 7 heteroatoms. The zero-order valence-corrected chi connectivity index (χ0v) is 12.4. The molecular formula is C15H21NO6. The Hall–Kier alpha value is -2.15. The molecule has 3 atom stereocenters. The van der Waals surface area contributed by atoms with Crippen LogP contribution in [0.25, 0.3) is 0 Å². The highest BCUT2D eigenvalue weighted by atomic mass is 16.4. The lowest BCUT2D eigenvalue weighted by Crippen LogP contribution is -2.36. The van der Waals surface area contributed by atoms with Gasteiger partial charge in [0.25, 0.3) is 0 Å². The highest BCUT2D eigenvalue weighted by Crippen LogP contribution is 2.33. The highest BCUT2D eigenvalue weighted by Gasteiger charge is 2.41. The Morgan fingerprint density at radius 2 is 1.91 bits per heavy atom. The molecule has 22 heavy (non-hydrogen) atoms. The van der Waals surface area contributed by atoms with Crippen LogP contribution < -0.4 is 5.32 Å². The predicted octanol–water partition coefficient (Wildman–Crippen LogP) is 1.12. The summed E-state index contributed by atoms with van der Waals surface area (Å²) in [5.41, 5.74) is 0.986. The van der Waals surface area contributed by atoms with Crippen molar-refractivity contribution in [3.05, 3.63) is 23.8 Å². The van der Waals surface area contributed by atoms with E-state index in [1.165, 1.54) is 6.92 Å². The van der Waals surface area contributed by atoms with E-state index in [1.54, 1.807) is 6.08 Å². The molecule has 1 fully saturated rings.